The first-order chi connectivity index (χ1) is 13.4. The number of ether oxygens (including phenoxy) is 2. The van der Waals surface area contributed by atoms with Crippen LogP contribution in [0.3, 0.4) is 0 Å². The minimum Gasteiger partial charge on any atom is -0.493 e. The standard InChI is InChI=1S/C20H21ClN2O5/c1-27-17-9-12-7-8-23(20(26)22-15-6-4-3-5-14(15)21)16(11-19(24)25)13(12)10-18(17)28-2/h3-6,9-10,16H,7-8,11H2,1-2H3,(H,22,26)(H,24,25)/t16-/m0/s1. The maximum absolute atomic E-state index is 12.9. The summed E-state index contributed by atoms with van der Waals surface area (Å²) in [5.74, 6) is 0.0671. The van der Waals surface area contributed by atoms with Crippen LogP contribution in [-0.2, 0) is 11.2 Å². The van der Waals surface area contributed by atoms with E-state index in [1.807, 2.05) is 6.07 Å². The number of amides is 2. The van der Waals surface area contributed by atoms with Gasteiger partial charge < -0.3 is 24.8 Å². The summed E-state index contributed by atoms with van der Waals surface area (Å²) in [4.78, 5) is 25.9. The number of anilines is 1. The molecule has 2 amide bonds. The first-order valence-corrected chi connectivity index (χ1v) is 9.11. The van der Waals surface area contributed by atoms with Gasteiger partial charge in [-0.15, -0.1) is 0 Å². The van der Waals surface area contributed by atoms with E-state index in [0.717, 1.165) is 11.1 Å². The van der Waals surface area contributed by atoms with E-state index >= 15 is 0 Å². The highest BCUT2D eigenvalue weighted by molar-refractivity contribution is 6.33. The molecule has 0 spiro atoms. The number of hydrogen-bond donors (Lipinski definition) is 2. The molecule has 7 nitrogen and oxygen atoms in total. The Morgan fingerprint density at radius 3 is 2.54 bits per heavy atom. The molecule has 0 aromatic heterocycles. The van der Waals surface area contributed by atoms with Gasteiger partial charge in [0.1, 0.15) is 0 Å². The van der Waals surface area contributed by atoms with Crippen LogP contribution in [0.25, 0.3) is 0 Å². The fraction of sp³-hybridized carbons (Fsp3) is 0.300. The number of carboxylic acid groups (broad SMARTS) is 1. The van der Waals surface area contributed by atoms with E-state index < -0.39 is 18.0 Å². The van der Waals surface area contributed by atoms with Crippen molar-refractivity contribution in [1.82, 2.24) is 4.90 Å². The van der Waals surface area contributed by atoms with Crippen LogP contribution in [0.5, 0.6) is 11.5 Å². The number of methoxy groups -OCH3 is 2. The normalized spacial score (nSPS) is 15.5. The predicted octanol–water partition coefficient (Wildman–Crippen LogP) is 3.96. The van der Waals surface area contributed by atoms with Gasteiger partial charge in [0.05, 0.1) is 37.4 Å². The Labute approximate surface area is 167 Å². The zero-order valence-electron chi connectivity index (χ0n) is 15.6. The van der Waals surface area contributed by atoms with E-state index in [0.29, 0.717) is 35.2 Å². The van der Waals surface area contributed by atoms with Gasteiger partial charge in [0.15, 0.2) is 11.5 Å². The lowest BCUT2D eigenvalue weighted by Crippen LogP contribution is -2.43. The molecule has 0 aliphatic carbocycles. The van der Waals surface area contributed by atoms with Gasteiger partial charge in [-0.05, 0) is 41.8 Å². The molecule has 0 unspecified atom stereocenters. The molecule has 8 heteroatoms. The van der Waals surface area contributed by atoms with Crippen LogP contribution in [-0.4, -0.2) is 42.8 Å². The van der Waals surface area contributed by atoms with Gasteiger partial charge in [-0.3, -0.25) is 4.79 Å². The van der Waals surface area contributed by atoms with Crippen molar-refractivity contribution < 1.29 is 24.2 Å². The highest BCUT2D eigenvalue weighted by Gasteiger charge is 2.34. The second-order valence-corrected chi connectivity index (χ2v) is 6.78. The van der Waals surface area contributed by atoms with Crippen molar-refractivity contribution in [2.24, 2.45) is 0 Å². The fourth-order valence-corrected chi connectivity index (χ4v) is 3.59. The molecule has 2 N–H and O–H groups in total. The Morgan fingerprint density at radius 2 is 1.89 bits per heavy atom. The van der Waals surface area contributed by atoms with Gasteiger partial charge in [0.2, 0.25) is 0 Å². The molecule has 1 aliphatic rings. The monoisotopic (exact) mass is 404 g/mol. The Hall–Kier alpha value is -2.93. The zero-order chi connectivity index (χ0) is 20.3. The Kier molecular flexibility index (Phi) is 5.94. The third-order valence-corrected chi connectivity index (χ3v) is 5.08. The SMILES string of the molecule is COc1cc2c(cc1OC)[C@H](CC(=O)O)N(C(=O)Nc1ccccc1Cl)CC2. The van der Waals surface area contributed by atoms with Crippen LogP contribution in [0.1, 0.15) is 23.6 Å². The number of carboxylic acids is 1. The number of carbonyl (C=O) groups excluding carboxylic acids is 1. The lowest BCUT2D eigenvalue weighted by Gasteiger charge is -2.37. The number of carbonyl (C=O) groups is 2. The quantitative estimate of drug-likeness (QED) is 0.787. The van der Waals surface area contributed by atoms with E-state index in [1.54, 1.807) is 37.4 Å². The van der Waals surface area contributed by atoms with Gasteiger partial charge in [-0.1, -0.05) is 23.7 Å². The maximum atomic E-state index is 12.9. The molecular formula is C20H21ClN2O5. The summed E-state index contributed by atoms with van der Waals surface area (Å²) >= 11 is 6.12. The molecule has 3 rings (SSSR count). The van der Waals surface area contributed by atoms with Crippen molar-refractivity contribution in [2.45, 2.75) is 18.9 Å². The van der Waals surface area contributed by atoms with Crippen LogP contribution < -0.4 is 14.8 Å². The molecule has 2 aromatic rings. The minimum atomic E-state index is -0.997. The lowest BCUT2D eigenvalue weighted by atomic mass is 9.90. The van der Waals surface area contributed by atoms with Gasteiger partial charge >= 0.3 is 12.0 Å². The molecule has 0 bridgehead atoms. The van der Waals surface area contributed by atoms with Gasteiger partial charge in [0, 0.05) is 6.54 Å². The third kappa shape index (κ3) is 3.99. The van der Waals surface area contributed by atoms with Crippen molar-refractivity contribution >= 4 is 29.3 Å². The average molecular weight is 405 g/mol. The summed E-state index contributed by atoms with van der Waals surface area (Å²) in [5.41, 5.74) is 2.15. The molecule has 0 saturated carbocycles. The van der Waals surface area contributed by atoms with Gasteiger partial charge in [-0.2, -0.15) is 0 Å². The summed E-state index contributed by atoms with van der Waals surface area (Å²) in [6.45, 7) is 0.372. The second kappa shape index (κ2) is 8.39. The summed E-state index contributed by atoms with van der Waals surface area (Å²) in [7, 11) is 3.06. The van der Waals surface area contributed by atoms with Crippen molar-refractivity contribution in [1.29, 1.82) is 0 Å². The first-order valence-electron chi connectivity index (χ1n) is 8.73. The summed E-state index contributed by atoms with van der Waals surface area (Å²) in [6.07, 6.45) is 0.347. The van der Waals surface area contributed by atoms with Crippen molar-refractivity contribution in [3.05, 3.63) is 52.5 Å². The molecule has 0 saturated heterocycles. The van der Waals surface area contributed by atoms with Crippen LogP contribution in [0.4, 0.5) is 10.5 Å². The third-order valence-electron chi connectivity index (χ3n) is 4.75. The average Bonchev–Trinajstić information content (AvgIpc) is 2.68. The number of urea groups is 1. The maximum Gasteiger partial charge on any atom is 0.322 e. The van der Waals surface area contributed by atoms with E-state index in [1.165, 1.54) is 12.0 Å². The molecule has 0 radical (unpaired) electrons. The largest absolute Gasteiger partial charge is 0.493 e. The Morgan fingerprint density at radius 1 is 1.21 bits per heavy atom. The van der Waals surface area contributed by atoms with Gasteiger partial charge in [-0.25, -0.2) is 4.79 Å². The number of benzene rings is 2. The second-order valence-electron chi connectivity index (χ2n) is 6.37. The smallest absolute Gasteiger partial charge is 0.322 e. The minimum absolute atomic E-state index is 0.224. The first kappa shape index (κ1) is 19.8. The van der Waals surface area contributed by atoms with E-state index in [4.69, 9.17) is 21.1 Å². The molecule has 1 atom stereocenters. The topological polar surface area (TPSA) is 88.1 Å². The molecule has 28 heavy (non-hydrogen) atoms. The molecular weight excluding hydrogens is 384 g/mol. The van der Waals surface area contributed by atoms with Crippen LogP contribution in [0, 0.1) is 0 Å². The van der Waals surface area contributed by atoms with Gasteiger partial charge in [0.25, 0.3) is 0 Å². The van der Waals surface area contributed by atoms with E-state index in [-0.39, 0.29) is 6.42 Å². The van der Waals surface area contributed by atoms with Crippen LogP contribution in [0.2, 0.25) is 5.02 Å². The highest BCUT2D eigenvalue weighted by atomic mass is 35.5. The van der Waals surface area contributed by atoms with Crippen molar-refractivity contribution in [3.63, 3.8) is 0 Å². The number of rotatable bonds is 5. The van der Waals surface area contributed by atoms with Crippen LogP contribution in [0.15, 0.2) is 36.4 Å². The number of hydrogen-bond acceptors (Lipinski definition) is 4. The number of halogens is 1. The fourth-order valence-electron chi connectivity index (χ4n) is 3.41. The van der Waals surface area contributed by atoms with E-state index in [2.05, 4.69) is 5.32 Å². The molecule has 148 valence electrons. The molecule has 1 aliphatic heterocycles. The number of aliphatic carboxylic acids is 1. The number of para-hydroxylation sites is 1. The number of nitrogens with zero attached hydrogens (tertiary/aromatic N) is 1. The number of nitrogens with one attached hydrogen (secondary N) is 1. The molecule has 2 aromatic carbocycles. The predicted molar refractivity (Wildman–Crippen MR) is 105 cm³/mol. The van der Waals surface area contributed by atoms with Crippen molar-refractivity contribution in [3.8, 4) is 11.5 Å². The summed E-state index contributed by atoms with van der Waals surface area (Å²) in [5, 5.41) is 12.6. The highest BCUT2D eigenvalue weighted by Crippen LogP contribution is 2.39. The number of fused-ring (bicyclic) bond motifs is 1. The van der Waals surface area contributed by atoms with Crippen molar-refractivity contribution in [2.75, 3.05) is 26.1 Å². The van der Waals surface area contributed by atoms with Crippen LogP contribution >= 0.6 is 11.6 Å². The van der Waals surface area contributed by atoms with E-state index in [9.17, 15) is 14.7 Å². The molecule has 0 fully saturated rings. The summed E-state index contributed by atoms with van der Waals surface area (Å²) < 4.78 is 10.7. The zero-order valence-corrected chi connectivity index (χ0v) is 16.3. The summed E-state index contributed by atoms with van der Waals surface area (Å²) in [6, 6.07) is 9.44. The molecule has 1 heterocycles. The Balaban J connectivity index is 1.95. The lowest BCUT2D eigenvalue weighted by molar-refractivity contribution is -0.138. The Bertz CT molecular complexity index is 902.